The molecule has 2 amide bonds. The number of furan rings is 1. The summed E-state index contributed by atoms with van der Waals surface area (Å²) in [5, 5.41) is 8.77. The van der Waals surface area contributed by atoms with Crippen LogP contribution in [0.1, 0.15) is 46.9 Å². The molecule has 0 radical (unpaired) electrons. The van der Waals surface area contributed by atoms with Crippen LogP contribution in [0.15, 0.2) is 65.1 Å². The van der Waals surface area contributed by atoms with E-state index in [9.17, 15) is 14.4 Å². The van der Waals surface area contributed by atoms with Crippen molar-refractivity contribution >= 4 is 17.8 Å². The summed E-state index contributed by atoms with van der Waals surface area (Å²) in [5.41, 5.74) is 3.38. The molecule has 224 valence electrons. The molecule has 0 aliphatic carbocycles. The molecule has 10 nitrogen and oxygen atoms in total. The van der Waals surface area contributed by atoms with E-state index in [-0.39, 0.29) is 19.0 Å². The molecular formula is C32H37NO9. The number of nitrogens with zero attached hydrogens (tertiary/aromatic N) is 1. The number of ether oxygens (including phenoxy) is 4. The summed E-state index contributed by atoms with van der Waals surface area (Å²) >= 11 is 0. The topological polar surface area (TPSA) is 125 Å². The minimum absolute atomic E-state index is 0.0356. The number of Topliss-reactive ketones (excluding diaryl/α,β-unsaturated/α-hetero) is 1. The van der Waals surface area contributed by atoms with E-state index in [0.717, 1.165) is 27.2 Å². The van der Waals surface area contributed by atoms with Crippen molar-refractivity contribution in [1.29, 1.82) is 0 Å². The molecule has 3 atom stereocenters. The summed E-state index contributed by atoms with van der Waals surface area (Å²) in [6, 6.07) is 17.9. The number of rotatable bonds is 15. The number of imide groups is 1. The van der Waals surface area contributed by atoms with Crippen LogP contribution in [0.2, 0.25) is 0 Å². The number of benzene rings is 2. The lowest BCUT2D eigenvalue weighted by Gasteiger charge is -2.22. The second kappa shape index (κ2) is 14.9. The van der Waals surface area contributed by atoms with Gasteiger partial charge in [-0.1, -0.05) is 60.2 Å². The molecule has 2 heterocycles. The Hall–Kier alpha value is -3.83. The van der Waals surface area contributed by atoms with Crippen molar-refractivity contribution in [2.45, 2.75) is 44.9 Å². The first-order chi connectivity index (χ1) is 20.3. The van der Waals surface area contributed by atoms with Crippen molar-refractivity contribution in [2.24, 2.45) is 0 Å². The van der Waals surface area contributed by atoms with Gasteiger partial charge in [0.15, 0.2) is 5.76 Å². The standard InChI is InChI=1S/C32H37NO9/c1-21-9-7-12-24(19-21)25-20-27(41-26(25)13-8-15-39-17-18-40-16-14-34)28(35)30(38-3)31(36)33-22(2)29(42-32(33)37)23-10-5-4-6-11-23/h4-7,9-12,19-20,22,29-30,34H,8,13-18H2,1-3H3/t22-,29-,30-/m0/s1. The third-order valence-corrected chi connectivity index (χ3v) is 7.01. The molecule has 0 unspecified atom stereocenters. The van der Waals surface area contributed by atoms with E-state index in [2.05, 4.69) is 0 Å². The Kier molecular flexibility index (Phi) is 11.0. The highest BCUT2D eigenvalue weighted by Crippen LogP contribution is 2.34. The van der Waals surface area contributed by atoms with Crippen molar-refractivity contribution in [3.05, 3.63) is 83.3 Å². The average Bonchev–Trinajstić information content (AvgIpc) is 3.55. The summed E-state index contributed by atoms with van der Waals surface area (Å²) in [4.78, 5) is 40.9. The van der Waals surface area contributed by atoms with Crippen LogP contribution in [0.5, 0.6) is 0 Å². The molecule has 0 saturated carbocycles. The lowest BCUT2D eigenvalue weighted by molar-refractivity contribution is -0.137. The Morgan fingerprint density at radius 1 is 1.00 bits per heavy atom. The fourth-order valence-corrected chi connectivity index (χ4v) is 4.94. The van der Waals surface area contributed by atoms with Crippen molar-refractivity contribution in [1.82, 2.24) is 4.90 Å². The van der Waals surface area contributed by atoms with E-state index >= 15 is 0 Å². The predicted molar refractivity (Wildman–Crippen MR) is 153 cm³/mol. The van der Waals surface area contributed by atoms with Gasteiger partial charge in [0.25, 0.3) is 5.91 Å². The number of carbonyl (C=O) groups excluding carboxylic acids is 3. The van der Waals surface area contributed by atoms with Gasteiger partial charge in [0.2, 0.25) is 11.9 Å². The molecule has 42 heavy (non-hydrogen) atoms. The Morgan fingerprint density at radius 3 is 2.43 bits per heavy atom. The van der Waals surface area contributed by atoms with Gasteiger partial charge in [-0.3, -0.25) is 9.59 Å². The smallest absolute Gasteiger partial charge is 0.417 e. The minimum Gasteiger partial charge on any atom is -0.457 e. The Bertz CT molecular complexity index is 1350. The fourth-order valence-electron chi connectivity index (χ4n) is 4.94. The predicted octanol–water partition coefficient (Wildman–Crippen LogP) is 4.52. The van der Waals surface area contributed by atoms with Gasteiger partial charge in [0.1, 0.15) is 11.9 Å². The monoisotopic (exact) mass is 579 g/mol. The van der Waals surface area contributed by atoms with E-state index in [0.29, 0.717) is 38.4 Å². The third kappa shape index (κ3) is 7.32. The molecule has 0 spiro atoms. The highest BCUT2D eigenvalue weighted by atomic mass is 16.6. The first-order valence-corrected chi connectivity index (χ1v) is 14.0. The molecule has 0 bridgehead atoms. The number of methoxy groups -OCH3 is 1. The lowest BCUT2D eigenvalue weighted by atomic mass is 10.0. The summed E-state index contributed by atoms with van der Waals surface area (Å²) in [7, 11) is 1.24. The highest BCUT2D eigenvalue weighted by molar-refractivity contribution is 6.14. The van der Waals surface area contributed by atoms with Crippen LogP contribution in [0.3, 0.4) is 0 Å². The van der Waals surface area contributed by atoms with Gasteiger partial charge >= 0.3 is 6.09 Å². The van der Waals surface area contributed by atoms with E-state index in [1.165, 1.54) is 7.11 Å². The van der Waals surface area contributed by atoms with E-state index in [4.69, 9.17) is 28.5 Å². The first kappa shape index (κ1) is 31.1. The molecular weight excluding hydrogens is 542 g/mol. The van der Waals surface area contributed by atoms with Gasteiger partial charge in [0, 0.05) is 25.7 Å². The van der Waals surface area contributed by atoms with Crippen LogP contribution in [0.25, 0.3) is 11.1 Å². The Morgan fingerprint density at radius 2 is 1.74 bits per heavy atom. The summed E-state index contributed by atoms with van der Waals surface area (Å²) in [5.74, 6) is -0.974. The SMILES string of the molecule is CO[C@@H](C(=O)c1cc(-c2cccc(C)c2)c(CCCOCCOCCO)o1)C(=O)N1C(=O)O[C@H](c2ccccc2)[C@@H]1C. The van der Waals surface area contributed by atoms with Gasteiger partial charge in [-0.15, -0.1) is 0 Å². The average molecular weight is 580 g/mol. The fraction of sp³-hybridized carbons (Fsp3) is 0.406. The maximum atomic E-state index is 13.6. The number of hydrogen-bond acceptors (Lipinski definition) is 9. The summed E-state index contributed by atoms with van der Waals surface area (Å²) in [6.45, 7) is 5.12. The molecule has 1 aliphatic rings. The molecule has 1 saturated heterocycles. The Balaban J connectivity index is 1.51. The largest absolute Gasteiger partial charge is 0.457 e. The molecule has 4 rings (SSSR count). The molecule has 1 aromatic heterocycles. The van der Waals surface area contributed by atoms with Crippen LogP contribution < -0.4 is 0 Å². The minimum atomic E-state index is -1.60. The van der Waals surface area contributed by atoms with E-state index in [1.54, 1.807) is 13.0 Å². The number of hydrogen-bond donors (Lipinski definition) is 1. The third-order valence-electron chi connectivity index (χ3n) is 7.01. The molecule has 1 N–H and O–H groups in total. The zero-order valence-electron chi connectivity index (χ0n) is 24.1. The maximum absolute atomic E-state index is 13.6. The second-order valence-corrected chi connectivity index (χ2v) is 10.0. The summed E-state index contributed by atoms with van der Waals surface area (Å²) in [6.07, 6.45) is -2.00. The molecule has 1 aliphatic heterocycles. The van der Waals surface area contributed by atoms with Gasteiger partial charge in [-0.2, -0.15) is 0 Å². The number of aliphatic hydroxyl groups excluding tert-OH is 1. The van der Waals surface area contributed by atoms with Gasteiger partial charge in [0.05, 0.1) is 32.5 Å². The van der Waals surface area contributed by atoms with Crippen molar-refractivity contribution in [2.75, 3.05) is 40.1 Å². The number of carbonyl (C=O) groups is 3. The lowest BCUT2D eigenvalue weighted by Crippen LogP contribution is -2.47. The van der Waals surface area contributed by atoms with Crippen LogP contribution in [-0.4, -0.2) is 80.1 Å². The van der Waals surface area contributed by atoms with Crippen LogP contribution >= 0.6 is 0 Å². The van der Waals surface area contributed by atoms with Gasteiger partial charge in [-0.05, 0) is 37.5 Å². The molecule has 2 aromatic carbocycles. The quantitative estimate of drug-likeness (QED) is 0.157. The zero-order valence-corrected chi connectivity index (χ0v) is 24.1. The van der Waals surface area contributed by atoms with Crippen LogP contribution in [-0.2, 0) is 30.2 Å². The van der Waals surface area contributed by atoms with E-state index in [1.807, 2.05) is 61.5 Å². The van der Waals surface area contributed by atoms with Crippen molar-refractivity contribution in [3.63, 3.8) is 0 Å². The van der Waals surface area contributed by atoms with Gasteiger partial charge in [-0.25, -0.2) is 9.69 Å². The number of amides is 2. The van der Waals surface area contributed by atoms with Crippen LogP contribution in [0, 0.1) is 6.92 Å². The number of aryl methyl sites for hydroxylation is 2. The number of aliphatic hydroxyl groups is 1. The van der Waals surface area contributed by atoms with Gasteiger partial charge < -0.3 is 28.5 Å². The van der Waals surface area contributed by atoms with E-state index < -0.39 is 36.0 Å². The molecule has 1 fully saturated rings. The number of ketones is 1. The zero-order chi connectivity index (χ0) is 30.1. The first-order valence-electron chi connectivity index (χ1n) is 14.0. The van der Waals surface area contributed by atoms with Crippen LogP contribution in [0.4, 0.5) is 4.79 Å². The van der Waals surface area contributed by atoms with Crippen molar-refractivity contribution < 1.29 is 42.9 Å². The van der Waals surface area contributed by atoms with Crippen molar-refractivity contribution in [3.8, 4) is 11.1 Å². The summed E-state index contributed by atoms with van der Waals surface area (Å²) < 4.78 is 27.7. The molecule has 10 heteroatoms. The maximum Gasteiger partial charge on any atom is 0.417 e. The second-order valence-electron chi connectivity index (χ2n) is 10.0. The number of cyclic esters (lactones) is 1. The normalized spacial score (nSPS) is 17.3. The highest BCUT2D eigenvalue weighted by Gasteiger charge is 2.47. The Labute approximate surface area is 245 Å². The molecule has 3 aromatic rings.